The fraction of sp³-hybridized carbons (Fsp3) is 0.417. The van der Waals surface area contributed by atoms with E-state index in [1.54, 1.807) is 18.2 Å². The molecule has 0 saturated heterocycles. The van der Waals surface area contributed by atoms with Crippen LogP contribution in [0.25, 0.3) is 0 Å². The standard InChI is InChI=1S/C12H17NO3/c1-2-3-6-12(15)13-8-7-10(14)11-5-4-9-16-11/h2,4-5,9-10,14H,1,3,6-8H2,(H,13,15). The molecule has 0 aliphatic heterocycles. The molecule has 1 atom stereocenters. The lowest BCUT2D eigenvalue weighted by Gasteiger charge is -2.08. The van der Waals surface area contributed by atoms with Crippen LogP contribution in [0, 0.1) is 0 Å². The van der Waals surface area contributed by atoms with Crippen molar-refractivity contribution in [3.8, 4) is 0 Å². The molecular formula is C12H17NO3. The highest BCUT2D eigenvalue weighted by atomic mass is 16.4. The van der Waals surface area contributed by atoms with Gasteiger partial charge in [-0.2, -0.15) is 0 Å². The summed E-state index contributed by atoms with van der Waals surface area (Å²) in [4.78, 5) is 11.2. The summed E-state index contributed by atoms with van der Waals surface area (Å²) in [5, 5.41) is 12.4. The van der Waals surface area contributed by atoms with Crippen LogP contribution in [0.1, 0.15) is 31.1 Å². The second kappa shape index (κ2) is 6.85. The molecule has 4 heteroatoms. The number of amides is 1. The van der Waals surface area contributed by atoms with Crippen molar-refractivity contribution in [3.05, 3.63) is 36.8 Å². The van der Waals surface area contributed by atoms with Gasteiger partial charge in [0, 0.05) is 13.0 Å². The molecule has 0 fully saturated rings. The van der Waals surface area contributed by atoms with Crippen LogP contribution in [0.15, 0.2) is 35.5 Å². The van der Waals surface area contributed by atoms with E-state index in [0.29, 0.717) is 31.6 Å². The maximum atomic E-state index is 11.2. The lowest BCUT2D eigenvalue weighted by Crippen LogP contribution is -2.25. The minimum atomic E-state index is -0.658. The topological polar surface area (TPSA) is 62.5 Å². The predicted molar refractivity (Wildman–Crippen MR) is 60.7 cm³/mol. The Morgan fingerprint density at radius 1 is 1.69 bits per heavy atom. The quantitative estimate of drug-likeness (QED) is 0.693. The summed E-state index contributed by atoms with van der Waals surface area (Å²) in [6, 6.07) is 3.44. The number of hydrogen-bond acceptors (Lipinski definition) is 3. The summed E-state index contributed by atoms with van der Waals surface area (Å²) in [6.07, 6.45) is 4.13. The third-order valence-corrected chi connectivity index (χ3v) is 2.19. The largest absolute Gasteiger partial charge is 0.467 e. The molecule has 0 aliphatic carbocycles. The Bertz CT molecular complexity index is 319. The van der Waals surface area contributed by atoms with Gasteiger partial charge in [0.1, 0.15) is 11.9 Å². The van der Waals surface area contributed by atoms with Crippen molar-refractivity contribution in [3.63, 3.8) is 0 Å². The second-order valence-electron chi connectivity index (χ2n) is 3.50. The van der Waals surface area contributed by atoms with E-state index in [9.17, 15) is 9.90 Å². The van der Waals surface area contributed by atoms with E-state index in [1.807, 2.05) is 0 Å². The third-order valence-electron chi connectivity index (χ3n) is 2.19. The van der Waals surface area contributed by atoms with Crippen LogP contribution < -0.4 is 5.32 Å². The Balaban J connectivity index is 2.15. The van der Waals surface area contributed by atoms with Crippen molar-refractivity contribution >= 4 is 5.91 Å². The Kier molecular flexibility index (Phi) is 5.36. The van der Waals surface area contributed by atoms with Gasteiger partial charge in [0.05, 0.1) is 6.26 Å². The number of carbonyl (C=O) groups excluding carboxylic acids is 1. The number of aliphatic hydroxyl groups is 1. The van der Waals surface area contributed by atoms with Crippen molar-refractivity contribution in [2.24, 2.45) is 0 Å². The SMILES string of the molecule is C=CCCC(=O)NCCC(O)c1ccco1. The smallest absolute Gasteiger partial charge is 0.220 e. The number of aliphatic hydroxyl groups excluding tert-OH is 1. The van der Waals surface area contributed by atoms with E-state index in [4.69, 9.17) is 4.42 Å². The number of hydrogen-bond donors (Lipinski definition) is 2. The van der Waals surface area contributed by atoms with E-state index >= 15 is 0 Å². The van der Waals surface area contributed by atoms with Gasteiger partial charge < -0.3 is 14.8 Å². The Morgan fingerprint density at radius 2 is 2.50 bits per heavy atom. The third kappa shape index (κ3) is 4.31. The van der Waals surface area contributed by atoms with Crippen molar-refractivity contribution < 1.29 is 14.3 Å². The summed E-state index contributed by atoms with van der Waals surface area (Å²) >= 11 is 0. The molecule has 1 aromatic rings. The molecule has 1 amide bonds. The maximum absolute atomic E-state index is 11.2. The normalized spacial score (nSPS) is 12.1. The van der Waals surface area contributed by atoms with Gasteiger partial charge in [-0.25, -0.2) is 0 Å². The van der Waals surface area contributed by atoms with Gasteiger partial charge in [-0.3, -0.25) is 4.79 Å². The minimum absolute atomic E-state index is 0.0217. The van der Waals surface area contributed by atoms with Crippen LogP contribution in [0.3, 0.4) is 0 Å². The first-order valence-corrected chi connectivity index (χ1v) is 5.33. The first-order valence-electron chi connectivity index (χ1n) is 5.33. The van der Waals surface area contributed by atoms with Crippen molar-refractivity contribution in [2.45, 2.75) is 25.4 Å². The number of rotatable bonds is 7. The molecule has 1 aromatic heterocycles. The van der Waals surface area contributed by atoms with Crippen molar-refractivity contribution in [2.75, 3.05) is 6.54 Å². The van der Waals surface area contributed by atoms with Crippen LogP contribution in [-0.4, -0.2) is 17.6 Å². The number of carbonyl (C=O) groups is 1. The van der Waals surface area contributed by atoms with E-state index in [-0.39, 0.29) is 5.91 Å². The summed E-state index contributed by atoms with van der Waals surface area (Å²) in [5.74, 6) is 0.506. The highest BCUT2D eigenvalue weighted by molar-refractivity contribution is 5.75. The molecule has 1 heterocycles. The zero-order chi connectivity index (χ0) is 11.8. The van der Waals surface area contributed by atoms with Crippen LogP contribution in [0.5, 0.6) is 0 Å². The molecule has 1 unspecified atom stereocenters. The lowest BCUT2D eigenvalue weighted by atomic mass is 10.2. The molecule has 16 heavy (non-hydrogen) atoms. The van der Waals surface area contributed by atoms with Gasteiger partial charge in [0.2, 0.25) is 5.91 Å². The van der Waals surface area contributed by atoms with Gasteiger partial charge >= 0.3 is 0 Å². The molecular weight excluding hydrogens is 206 g/mol. The maximum Gasteiger partial charge on any atom is 0.220 e. The average Bonchev–Trinajstić information content (AvgIpc) is 2.79. The van der Waals surface area contributed by atoms with Gasteiger partial charge in [0.25, 0.3) is 0 Å². The summed E-state index contributed by atoms with van der Waals surface area (Å²) in [5.41, 5.74) is 0. The molecule has 1 rings (SSSR count). The van der Waals surface area contributed by atoms with Crippen LogP contribution in [-0.2, 0) is 4.79 Å². The molecule has 0 spiro atoms. The average molecular weight is 223 g/mol. The van der Waals surface area contributed by atoms with E-state index in [2.05, 4.69) is 11.9 Å². The molecule has 0 saturated carbocycles. The van der Waals surface area contributed by atoms with Crippen molar-refractivity contribution in [1.82, 2.24) is 5.32 Å². The first kappa shape index (κ1) is 12.5. The predicted octanol–water partition coefficient (Wildman–Crippen LogP) is 1.79. The summed E-state index contributed by atoms with van der Waals surface area (Å²) in [7, 11) is 0. The fourth-order valence-corrected chi connectivity index (χ4v) is 1.29. The number of furan rings is 1. The molecule has 0 aliphatic rings. The number of allylic oxidation sites excluding steroid dienone is 1. The van der Waals surface area contributed by atoms with E-state index < -0.39 is 6.10 Å². The fourth-order valence-electron chi connectivity index (χ4n) is 1.29. The lowest BCUT2D eigenvalue weighted by molar-refractivity contribution is -0.121. The van der Waals surface area contributed by atoms with Gasteiger partial charge in [-0.15, -0.1) is 6.58 Å². The van der Waals surface area contributed by atoms with Crippen LogP contribution in [0.4, 0.5) is 0 Å². The zero-order valence-electron chi connectivity index (χ0n) is 9.19. The highest BCUT2D eigenvalue weighted by Crippen LogP contribution is 2.15. The Hall–Kier alpha value is -1.55. The molecule has 4 nitrogen and oxygen atoms in total. The van der Waals surface area contributed by atoms with E-state index in [1.165, 1.54) is 6.26 Å². The van der Waals surface area contributed by atoms with Crippen LogP contribution >= 0.6 is 0 Å². The number of nitrogens with one attached hydrogen (secondary N) is 1. The monoisotopic (exact) mass is 223 g/mol. The summed E-state index contributed by atoms with van der Waals surface area (Å²) in [6.45, 7) is 3.98. The van der Waals surface area contributed by atoms with Gasteiger partial charge in [-0.1, -0.05) is 6.08 Å². The second-order valence-corrected chi connectivity index (χ2v) is 3.50. The molecule has 88 valence electrons. The molecule has 0 aromatic carbocycles. The molecule has 2 N–H and O–H groups in total. The Labute approximate surface area is 95.0 Å². The Morgan fingerprint density at radius 3 is 3.12 bits per heavy atom. The van der Waals surface area contributed by atoms with E-state index in [0.717, 1.165) is 0 Å². The van der Waals surface area contributed by atoms with Crippen molar-refractivity contribution in [1.29, 1.82) is 0 Å². The first-order chi connectivity index (χ1) is 7.74. The zero-order valence-corrected chi connectivity index (χ0v) is 9.19. The summed E-state index contributed by atoms with van der Waals surface area (Å²) < 4.78 is 5.04. The molecule has 0 radical (unpaired) electrons. The van der Waals surface area contributed by atoms with Crippen LogP contribution in [0.2, 0.25) is 0 Å². The van der Waals surface area contributed by atoms with Gasteiger partial charge in [-0.05, 0) is 25.0 Å². The minimum Gasteiger partial charge on any atom is -0.467 e. The molecule has 0 bridgehead atoms. The van der Waals surface area contributed by atoms with Gasteiger partial charge in [0.15, 0.2) is 0 Å². The highest BCUT2D eigenvalue weighted by Gasteiger charge is 2.10.